The molecule has 0 radical (unpaired) electrons. The van der Waals surface area contributed by atoms with Gasteiger partial charge in [0.2, 0.25) is 0 Å². The van der Waals surface area contributed by atoms with Crippen LogP contribution >= 0.6 is 0 Å². The number of nitrogens with zero attached hydrogens (tertiary/aromatic N) is 1. The molecule has 2 N–H and O–H groups in total. The Morgan fingerprint density at radius 2 is 2.36 bits per heavy atom. The maximum absolute atomic E-state index is 10.4. The van der Waals surface area contributed by atoms with Crippen molar-refractivity contribution in [1.29, 1.82) is 0 Å². The second-order valence-corrected chi connectivity index (χ2v) is 3.26. The summed E-state index contributed by atoms with van der Waals surface area (Å²) in [6.45, 7) is 0.974. The lowest BCUT2D eigenvalue weighted by Crippen LogP contribution is -2.38. The fourth-order valence-corrected chi connectivity index (χ4v) is 1.51. The van der Waals surface area contributed by atoms with E-state index in [1.165, 1.54) is 0 Å². The average Bonchev–Trinajstić information content (AvgIpc) is 2.62. The first-order valence-electron chi connectivity index (χ1n) is 4.49. The zero-order valence-electron chi connectivity index (χ0n) is 7.72. The second-order valence-electron chi connectivity index (χ2n) is 3.26. The summed E-state index contributed by atoms with van der Waals surface area (Å²) >= 11 is 0. The Hall–Kier alpha value is -1.55. The van der Waals surface area contributed by atoms with Crippen LogP contribution in [0.3, 0.4) is 0 Å². The number of ether oxygens (including phenoxy) is 1. The van der Waals surface area contributed by atoms with Gasteiger partial charge in [-0.2, -0.15) is 0 Å². The van der Waals surface area contributed by atoms with Gasteiger partial charge in [-0.05, 0) is 12.1 Å². The van der Waals surface area contributed by atoms with Crippen molar-refractivity contribution in [3.8, 4) is 5.75 Å². The van der Waals surface area contributed by atoms with E-state index in [2.05, 4.69) is 0 Å². The molecule has 4 heteroatoms. The van der Waals surface area contributed by atoms with Gasteiger partial charge in [0, 0.05) is 6.54 Å². The molecule has 0 saturated heterocycles. The quantitative estimate of drug-likeness (QED) is 0.703. The summed E-state index contributed by atoms with van der Waals surface area (Å²) in [5.74, 6) is 0.852. The summed E-state index contributed by atoms with van der Waals surface area (Å²) in [7, 11) is 0. The van der Waals surface area contributed by atoms with Crippen molar-refractivity contribution in [3.63, 3.8) is 0 Å². The van der Waals surface area contributed by atoms with Crippen LogP contribution in [0.2, 0.25) is 0 Å². The SMILES string of the molecule is N[C@@H](C=O)CN1COc2ccccc21. The van der Waals surface area contributed by atoms with E-state index in [0.717, 1.165) is 17.7 Å². The third kappa shape index (κ3) is 1.56. The lowest BCUT2D eigenvalue weighted by molar-refractivity contribution is -0.108. The smallest absolute Gasteiger partial charge is 0.161 e. The highest BCUT2D eigenvalue weighted by atomic mass is 16.5. The molecule has 1 atom stereocenters. The van der Waals surface area contributed by atoms with Crippen molar-refractivity contribution < 1.29 is 9.53 Å². The predicted octanol–water partition coefficient (Wildman–Crippen LogP) is 0.369. The summed E-state index contributed by atoms with van der Waals surface area (Å²) in [5, 5.41) is 0. The van der Waals surface area contributed by atoms with E-state index < -0.39 is 6.04 Å². The Morgan fingerprint density at radius 3 is 3.14 bits per heavy atom. The summed E-state index contributed by atoms with van der Waals surface area (Å²) in [5.41, 5.74) is 6.55. The molecular weight excluding hydrogens is 180 g/mol. The number of rotatable bonds is 3. The zero-order chi connectivity index (χ0) is 9.97. The van der Waals surface area contributed by atoms with Crippen molar-refractivity contribution in [3.05, 3.63) is 24.3 Å². The van der Waals surface area contributed by atoms with Crippen LogP contribution in [0.15, 0.2) is 24.3 Å². The van der Waals surface area contributed by atoms with Crippen LogP contribution in [0, 0.1) is 0 Å². The topological polar surface area (TPSA) is 55.6 Å². The van der Waals surface area contributed by atoms with Crippen molar-refractivity contribution in [2.45, 2.75) is 6.04 Å². The number of fused-ring (bicyclic) bond motifs is 1. The number of carbonyl (C=O) groups excluding carboxylic acids is 1. The Labute approximate surface area is 82.3 Å². The highest BCUT2D eigenvalue weighted by Gasteiger charge is 2.20. The highest BCUT2D eigenvalue weighted by Crippen LogP contribution is 2.32. The minimum absolute atomic E-state index is 0.454. The minimum Gasteiger partial charge on any atom is -0.471 e. The molecule has 0 fully saturated rings. The molecule has 0 spiro atoms. The predicted molar refractivity (Wildman–Crippen MR) is 53.3 cm³/mol. The fraction of sp³-hybridized carbons (Fsp3) is 0.300. The molecule has 1 heterocycles. The molecule has 14 heavy (non-hydrogen) atoms. The maximum atomic E-state index is 10.4. The largest absolute Gasteiger partial charge is 0.471 e. The van der Waals surface area contributed by atoms with Crippen molar-refractivity contribution in [2.24, 2.45) is 5.73 Å². The van der Waals surface area contributed by atoms with Gasteiger partial charge in [-0.3, -0.25) is 0 Å². The molecule has 0 amide bonds. The van der Waals surface area contributed by atoms with Gasteiger partial charge in [0.05, 0.1) is 11.7 Å². The number of nitrogens with two attached hydrogens (primary N) is 1. The van der Waals surface area contributed by atoms with Crippen LogP contribution in [0.25, 0.3) is 0 Å². The van der Waals surface area contributed by atoms with Gasteiger partial charge in [0.25, 0.3) is 0 Å². The number of hydrogen-bond donors (Lipinski definition) is 1. The molecule has 2 rings (SSSR count). The Morgan fingerprint density at radius 1 is 1.57 bits per heavy atom. The number of carbonyl (C=O) groups is 1. The molecule has 1 aromatic rings. The Bertz CT molecular complexity index is 341. The van der Waals surface area contributed by atoms with Gasteiger partial charge in [-0.1, -0.05) is 12.1 Å². The van der Waals surface area contributed by atoms with Crippen LogP contribution in [0.5, 0.6) is 5.75 Å². The lowest BCUT2D eigenvalue weighted by Gasteiger charge is -2.17. The zero-order valence-corrected chi connectivity index (χ0v) is 7.72. The molecule has 1 aliphatic heterocycles. The molecule has 1 aliphatic rings. The van der Waals surface area contributed by atoms with Gasteiger partial charge >= 0.3 is 0 Å². The monoisotopic (exact) mass is 192 g/mol. The van der Waals surface area contributed by atoms with E-state index in [1.54, 1.807) is 0 Å². The second kappa shape index (κ2) is 3.67. The molecule has 0 unspecified atom stereocenters. The number of benzene rings is 1. The molecule has 0 saturated carbocycles. The van der Waals surface area contributed by atoms with E-state index in [-0.39, 0.29) is 0 Å². The van der Waals surface area contributed by atoms with E-state index in [0.29, 0.717) is 13.3 Å². The Kier molecular flexibility index (Phi) is 2.37. The fourth-order valence-electron chi connectivity index (χ4n) is 1.51. The summed E-state index contributed by atoms with van der Waals surface area (Å²) in [6, 6.07) is 7.26. The van der Waals surface area contributed by atoms with Gasteiger partial charge < -0.3 is 20.2 Å². The van der Waals surface area contributed by atoms with E-state index in [4.69, 9.17) is 10.5 Å². The third-order valence-corrected chi connectivity index (χ3v) is 2.19. The first-order valence-corrected chi connectivity index (χ1v) is 4.49. The summed E-state index contributed by atoms with van der Waals surface area (Å²) < 4.78 is 5.41. The van der Waals surface area contributed by atoms with Crippen LogP contribution in [0.1, 0.15) is 0 Å². The van der Waals surface area contributed by atoms with Crippen LogP contribution in [-0.2, 0) is 4.79 Å². The molecule has 4 nitrogen and oxygen atoms in total. The molecule has 0 aliphatic carbocycles. The van der Waals surface area contributed by atoms with Gasteiger partial charge in [-0.15, -0.1) is 0 Å². The van der Waals surface area contributed by atoms with Gasteiger partial charge in [-0.25, -0.2) is 0 Å². The Balaban J connectivity index is 2.14. The van der Waals surface area contributed by atoms with Crippen LogP contribution < -0.4 is 15.4 Å². The number of anilines is 1. The number of hydrogen-bond acceptors (Lipinski definition) is 4. The molecule has 1 aromatic carbocycles. The average molecular weight is 192 g/mol. The molecule has 74 valence electrons. The van der Waals surface area contributed by atoms with Crippen molar-refractivity contribution >= 4 is 12.0 Å². The number of aldehydes is 1. The van der Waals surface area contributed by atoms with Gasteiger partial charge in [0.15, 0.2) is 6.73 Å². The normalized spacial score (nSPS) is 15.9. The van der Waals surface area contributed by atoms with E-state index in [9.17, 15) is 4.79 Å². The molecule has 0 bridgehead atoms. The van der Waals surface area contributed by atoms with Gasteiger partial charge in [0.1, 0.15) is 12.0 Å². The van der Waals surface area contributed by atoms with E-state index in [1.807, 2.05) is 29.2 Å². The van der Waals surface area contributed by atoms with Crippen molar-refractivity contribution in [1.82, 2.24) is 0 Å². The lowest BCUT2D eigenvalue weighted by atomic mass is 10.2. The van der Waals surface area contributed by atoms with Crippen LogP contribution in [-0.4, -0.2) is 25.6 Å². The summed E-state index contributed by atoms with van der Waals surface area (Å²) in [6.07, 6.45) is 0.751. The number of para-hydroxylation sites is 2. The minimum atomic E-state index is -0.454. The summed E-state index contributed by atoms with van der Waals surface area (Å²) in [4.78, 5) is 12.4. The van der Waals surface area contributed by atoms with Crippen LogP contribution in [0.4, 0.5) is 5.69 Å². The molecular formula is C10H12N2O2. The van der Waals surface area contributed by atoms with Crippen molar-refractivity contribution in [2.75, 3.05) is 18.2 Å². The highest BCUT2D eigenvalue weighted by molar-refractivity contribution is 5.64. The first kappa shape index (κ1) is 9.02. The first-order chi connectivity index (χ1) is 6.81. The maximum Gasteiger partial charge on any atom is 0.161 e. The molecule has 0 aromatic heterocycles. The van der Waals surface area contributed by atoms with E-state index >= 15 is 0 Å². The third-order valence-electron chi connectivity index (χ3n) is 2.19. The standard InChI is InChI=1S/C10H12N2O2/c11-8(6-13)5-12-7-14-10-4-2-1-3-9(10)12/h1-4,6,8H,5,7,11H2/t8-/m1/s1.